The molecule has 2 aromatic carbocycles. The van der Waals surface area contributed by atoms with Crippen LogP contribution in [0.3, 0.4) is 0 Å². The molecule has 1 amide bonds. The summed E-state index contributed by atoms with van der Waals surface area (Å²) in [6.45, 7) is 4.26. The first kappa shape index (κ1) is 20.4. The van der Waals surface area contributed by atoms with Gasteiger partial charge in [0.25, 0.3) is 5.91 Å². The monoisotopic (exact) mass is 424 g/mol. The van der Waals surface area contributed by atoms with Crippen molar-refractivity contribution in [1.29, 1.82) is 0 Å². The lowest BCUT2D eigenvalue weighted by molar-refractivity contribution is 0.102. The minimum Gasteiger partial charge on any atom is -0.492 e. The predicted octanol–water partition coefficient (Wildman–Crippen LogP) is 3.22. The molecule has 3 rings (SSSR count). The second-order valence-electron chi connectivity index (χ2n) is 6.33. The van der Waals surface area contributed by atoms with Gasteiger partial charge < -0.3 is 14.8 Å². The maximum Gasteiger partial charge on any atom is 0.255 e. The molecule has 0 bridgehead atoms. The van der Waals surface area contributed by atoms with Crippen LogP contribution in [0.15, 0.2) is 35.2 Å². The number of anilines is 1. The lowest BCUT2D eigenvalue weighted by Crippen LogP contribution is -2.20. The van der Waals surface area contributed by atoms with Crippen molar-refractivity contribution in [2.24, 2.45) is 0 Å². The lowest BCUT2D eigenvalue weighted by Gasteiger charge is -2.14. The van der Waals surface area contributed by atoms with E-state index in [-0.39, 0.29) is 21.6 Å². The molecule has 9 heteroatoms. The number of nitrogens with one attached hydrogen (secondary N) is 2. The van der Waals surface area contributed by atoms with Crippen LogP contribution < -0.4 is 19.5 Å². The van der Waals surface area contributed by atoms with Gasteiger partial charge in [0, 0.05) is 23.6 Å². The largest absolute Gasteiger partial charge is 0.492 e. The minimum absolute atomic E-state index is 0.0285. The first-order chi connectivity index (χ1) is 13.2. The van der Waals surface area contributed by atoms with Crippen LogP contribution in [0.2, 0.25) is 5.02 Å². The molecule has 28 heavy (non-hydrogen) atoms. The van der Waals surface area contributed by atoms with Gasteiger partial charge in [-0.2, -0.15) is 0 Å². The fraction of sp³-hybridized carbons (Fsp3) is 0.316. The summed E-state index contributed by atoms with van der Waals surface area (Å²) in [7, 11) is -2.52. The summed E-state index contributed by atoms with van der Waals surface area (Å²) in [6, 6.07) is 7.64. The molecule has 0 spiro atoms. The topological polar surface area (TPSA) is 93.7 Å². The molecule has 0 aromatic heterocycles. The van der Waals surface area contributed by atoms with E-state index in [1.807, 2.05) is 19.9 Å². The van der Waals surface area contributed by atoms with Crippen LogP contribution in [0.4, 0.5) is 5.69 Å². The first-order valence-electron chi connectivity index (χ1n) is 8.76. The van der Waals surface area contributed by atoms with E-state index < -0.39 is 15.9 Å². The molecule has 0 saturated carbocycles. The summed E-state index contributed by atoms with van der Waals surface area (Å²) < 4.78 is 37.8. The second kappa shape index (κ2) is 7.98. The number of halogens is 1. The van der Waals surface area contributed by atoms with E-state index in [1.165, 1.54) is 25.2 Å². The van der Waals surface area contributed by atoms with E-state index in [0.29, 0.717) is 23.8 Å². The van der Waals surface area contributed by atoms with Crippen molar-refractivity contribution >= 4 is 33.2 Å². The molecule has 0 radical (unpaired) electrons. The Morgan fingerprint density at radius 3 is 2.75 bits per heavy atom. The highest BCUT2D eigenvalue weighted by Gasteiger charge is 2.23. The summed E-state index contributed by atoms with van der Waals surface area (Å²) in [5, 5.41) is 2.80. The average molecular weight is 425 g/mol. The van der Waals surface area contributed by atoms with E-state index >= 15 is 0 Å². The van der Waals surface area contributed by atoms with Crippen LogP contribution in [0.5, 0.6) is 11.5 Å². The number of fused-ring (bicyclic) bond motifs is 1. The van der Waals surface area contributed by atoms with E-state index in [2.05, 4.69) is 10.0 Å². The Hall–Kier alpha value is -2.29. The number of ether oxygens (including phenoxy) is 2. The van der Waals surface area contributed by atoms with E-state index in [9.17, 15) is 13.2 Å². The highest BCUT2D eigenvalue weighted by molar-refractivity contribution is 7.89. The van der Waals surface area contributed by atoms with Gasteiger partial charge in [-0.3, -0.25) is 4.79 Å². The van der Waals surface area contributed by atoms with Crippen LogP contribution in [0, 0.1) is 0 Å². The predicted molar refractivity (Wildman–Crippen MR) is 107 cm³/mol. The normalized spacial score (nSPS) is 15.6. The molecule has 150 valence electrons. The van der Waals surface area contributed by atoms with E-state index in [1.54, 1.807) is 6.07 Å². The molecular weight excluding hydrogens is 404 g/mol. The number of carbonyl (C=O) groups excluding carboxylic acids is 1. The molecule has 1 atom stereocenters. The summed E-state index contributed by atoms with van der Waals surface area (Å²) in [6.07, 6.45) is 0.826. The Labute approximate surface area is 169 Å². The van der Waals surface area contributed by atoms with Gasteiger partial charge in [0.15, 0.2) is 0 Å². The van der Waals surface area contributed by atoms with Gasteiger partial charge in [-0.05, 0) is 45.2 Å². The Balaban J connectivity index is 1.94. The van der Waals surface area contributed by atoms with Crippen molar-refractivity contribution in [3.05, 3.63) is 46.5 Å². The molecular formula is C19H21ClN2O5S. The Morgan fingerprint density at radius 2 is 2.07 bits per heavy atom. The molecule has 1 aliphatic heterocycles. The highest BCUT2D eigenvalue weighted by atomic mass is 35.5. The molecule has 0 fully saturated rings. The quantitative estimate of drug-likeness (QED) is 0.742. The number of carbonyl (C=O) groups is 1. The number of hydrogen-bond donors (Lipinski definition) is 2. The summed E-state index contributed by atoms with van der Waals surface area (Å²) in [4.78, 5) is 12.6. The second-order valence-corrected chi connectivity index (χ2v) is 8.59. The number of benzene rings is 2. The number of amides is 1. The number of hydrogen-bond acceptors (Lipinski definition) is 5. The molecule has 1 unspecified atom stereocenters. The van der Waals surface area contributed by atoms with Crippen LogP contribution in [-0.2, 0) is 16.4 Å². The maximum atomic E-state index is 12.7. The third kappa shape index (κ3) is 4.09. The third-order valence-corrected chi connectivity index (χ3v) is 6.19. The van der Waals surface area contributed by atoms with Crippen molar-refractivity contribution in [1.82, 2.24) is 4.72 Å². The van der Waals surface area contributed by atoms with Gasteiger partial charge >= 0.3 is 0 Å². The summed E-state index contributed by atoms with van der Waals surface area (Å²) in [5.41, 5.74) is 1.62. The SMILES string of the molecule is CCOc1cc2c(cc1NC(=O)c1ccc(Cl)c(S(=O)(=O)NC)c1)OC(C)C2. The maximum absolute atomic E-state index is 12.7. The summed E-state index contributed by atoms with van der Waals surface area (Å²) >= 11 is 5.98. The van der Waals surface area contributed by atoms with Crippen molar-refractivity contribution in [2.45, 2.75) is 31.3 Å². The molecule has 0 aliphatic carbocycles. The number of sulfonamides is 1. The van der Waals surface area contributed by atoms with Crippen molar-refractivity contribution in [3.63, 3.8) is 0 Å². The van der Waals surface area contributed by atoms with Crippen LogP contribution >= 0.6 is 11.6 Å². The van der Waals surface area contributed by atoms with Crippen LogP contribution in [0.25, 0.3) is 0 Å². The Morgan fingerprint density at radius 1 is 1.32 bits per heavy atom. The summed E-state index contributed by atoms with van der Waals surface area (Å²) in [5.74, 6) is 0.737. The van der Waals surface area contributed by atoms with Crippen LogP contribution in [0.1, 0.15) is 29.8 Å². The van der Waals surface area contributed by atoms with Gasteiger partial charge in [-0.15, -0.1) is 0 Å². The third-order valence-electron chi connectivity index (χ3n) is 4.30. The fourth-order valence-corrected chi connectivity index (χ4v) is 4.22. The van der Waals surface area contributed by atoms with E-state index in [4.69, 9.17) is 21.1 Å². The van der Waals surface area contributed by atoms with Gasteiger partial charge in [-0.25, -0.2) is 13.1 Å². The number of rotatable bonds is 6. The van der Waals surface area contributed by atoms with Crippen molar-refractivity contribution in [3.8, 4) is 11.5 Å². The zero-order chi connectivity index (χ0) is 20.5. The molecule has 1 aliphatic rings. The Kier molecular flexibility index (Phi) is 5.83. The first-order valence-corrected chi connectivity index (χ1v) is 10.6. The minimum atomic E-state index is -3.80. The van der Waals surface area contributed by atoms with Gasteiger partial charge in [0.2, 0.25) is 10.0 Å². The van der Waals surface area contributed by atoms with Gasteiger partial charge in [-0.1, -0.05) is 11.6 Å². The average Bonchev–Trinajstić information content (AvgIpc) is 3.01. The molecule has 1 heterocycles. The van der Waals surface area contributed by atoms with Crippen LogP contribution in [-0.4, -0.2) is 34.1 Å². The standard InChI is InChI=1S/C19H21ClN2O5S/c1-4-26-17-8-13-7-11(2)27-16(13)10-15(17)22-19(23)12-5-6-14(20)18(9-12)28(24,25)21-3/h5-6,8-11,21H,4,7H2,1-3H3,(H,22,23). The van der Waals surface area contributed by atoms with Crippen molar-refractivity contribution in [2.75, 3.05) is 19.0 Å². The molecule has 0 saturated heterocycles. The van der Waals surface area contributed by atoms with Crippen molar-refractivity contribution < 1.29 is 22.7 Å². The zero-order valence-electron chi connectivity index (χ0n) is 15.7. The molecule has 7 nitrogen and oxygen atoms in total. The Bertz CT molecular complexity index is 1020. The smallest absolute Gasteiger partial charge is 0.255 e. The zero-order valence-corrected chi connectivity index (χ0v) is 17.3. The van der Waals surface area contributed by atoms with Gasteiger partial charge in [0.1, 0.15) is 22.5 Å². The fourth-order valence-electron chi connectivity index (χ4n) is 2.97. The lowest BCUT2D eigenvalue weighted by atomic mass is 10.1. The molecule has 2 aromatic rings. The van der Waals surface area contributed by atoms with Gasteiger partial charge in [0.05, 0.1) is 17.3 Å². The highest BCUT2D eigenvalue weighted by Crippen LogP contribution is 2.38. The molecule has 2 N–H and O–H groups in total. The van der Waals surface area contributed by atoms with E-state index in [0.717, 1.165) is 12.0 Å².